The van der Waals surface area contributed by atoms with Gasteiger partial charge in [0, 0.05) is 11.5 Å². The molecule has 88 valence electrons. The molecule has 0 aliphatic carbocycles. The van der Waals surface area contributed by atoms with Crippen LogP contribution in [0.1, 0.15) is 11.1 Å². The minimum Gasteiger partial charge on any atom is -0.207 e. The van der Waals surface area contributed by atoms with Crippen molar-refractivity contribution in [1.29, 1.82) is 0 Å². The summed E-state index contributed by atoms with van der Waals surface area (Å²) in [4.78, 5) is 0. The first-order valence-corrected chi connectivity index (χ1v) is 6.46. The number of rotatable bonds is 4. The summed E-state index contributed by atoms with van der Waals surface area (Å²) in [5, 5.41) is 0. The van der Waals surface area contributed by atoms with E-state index in [1.54, 1.807) is 23.9 Å². The Morgan fingerprint density at radius 3 is 1.65 bits per heavy atom. The van der Waals surface area contributed by atoms with E-state index >= 15 is 0 Å². The van der Waals surface area contributed by atoms with Crippen molar-refractivity contribution in [3.8, 4) is 0 Å². The van der Waals surface area contributed by atoms with Crippen LogP contribution in [0.5, 0.6) is 0 Å². The SMILES string of the molecule is Fc1cccc(CSCc2cccc(F)c2)c1. The number of benzene rings is 2. The van der Waals surface area contributed by atoms with E-state index in [9.17, 15) is 8.78 Å². The third-order valence-corrected chi connectivity index (χ3v) is 3.39. The fourth-order valence-electron chi connectivity index (χ4n) is 1.54. The predicted octanol–water partition coefficient (Wildman–Crippen LogP) is 4.40. The molecule has 0 saturated heterocycles. The first kappa shape index (κ1) is 12.1. The Hall–Kier alpha value is -1.35. The lowest BCUT2D eigenvalue weighted by Gasteiger charge is -2.02. The van der Waals surface area contributed by atoms with Crippen LogP contribution in [0.15, 0.2) is 48.5 Å². The minimum atomic E-state index is -0.214. The molecule has 0 spiro atoms. The van der Waals surface area contributed by atoms with Crippen molar-refractivity contribution < 1.29 is 8.78 Å². The highest BCUT2D eigenvalue weighted by molar-refractivity contribution is 7.97. The third-order valence-electron chi connectivity index (χ3n) is 2.32. The number of thioether (sulfide) groups is 1. The Morgan fingerprint density at radius 2 is 1.24 bits per heavy atom. The van der Waals surface area contributed by atoms with Crippen LogP contribution in [-0.2, 0) is 11.5 Å². The molecule has 2 aromatic rings. The maximum Gasteiger partial charge on any atom is 0.123 e. The Labute approximate surface area is 104 Å². The monoisotopic (exact) mass is 250 g/mol. The zero-order valence-electron chi connectivity index (χ0n) is 9.20. The molecule has 0 atom stereocenters. The molecule has 0 amide bonds. The maximum atomic E-state index is 12.9. The van der Waals surface area contributed by atoms with Crippen molar-refractivity contribution in [2.45, 2.75) is 11.5 Å². The van der Waals surface area contributed by atoms with Gasteiger partial charge in [-0.05, 0) is 35.4 Å². The van der Waals surface area contributed by atoms with Crippen LogP contribution in [0, 0.1) is 11.6 Å². The Balaban J connectivity index is 1.87. The number of halogens is 2. The van der Waals surface area contributed by atoms with Gasteiger partial charge in [-0.2, -0.15) is 11.8 Å². The van der Waals surface area contributed by atoms with Crippen LogP contribution >= 0.6 is 11.8 Å². The van der Waals surface area contributed by atoms with E-state index in [0.717, 1.165) is 22.6 Å². The predicted molar refractivity (Wildman–Crippen MR) is 67.8 cm³/mol. The summed E-state index contributed by atoms with van der Waals surface area (Å²) < 4.78 is 25.8. The highest BCUT2D eigenvalue weighted by Crippen LogP contribution is 2.18. The molecule has 17 heavy (non-hydrogen) atoms. The van der Waals surface area contributed by atoms with Crippen LogP contribution in [0.3, 0.4) is 0 Å². The van der Waals surface area contributed by atoms with Crippen molar-refractivity contribution in [2.75, 3.05) is 0 Å². The molecule has 2 rings (SSSR count). The molecule has 0 saturated carbocycles. The second-order valence-corrected chi connectivity index (χ2v) is 4.74. The van der Waals surface area contributed by atoms with E-state index in [2.05, 4.69) is 0 Å². The van der Waals surface area contributed by atoms with Crippen molar-refractivity contribution >= 4 is 11.8 Å². The molecule has 0 unspecified atom stereocenters. The Bertz CT molecular complexity index is 452. The van der Waals surface area contributed by atoms with E-state index in [-0.39, 0.29) is 11.6 Å². The molecule has 0 N–H and O–H groups in total. The van der Waals surface area contributed by atoms with E-state index in [1.807, 2.05) is 12.1 Å². The average Bonchev–Trinajstić information content (AvgIpc) is 2.29. The molecule has 0 nitrogen and oxygen atoms in total. The van der Waals surface area contributed by atoms with Gasteiger partial charge in [-0.1, -0.05) is 24.3 Å². The zero-order chi connectivity index (χ0) is 12.1. The molecule has 0 aromatic heterocycles. The summed E-state index contributed by atoms with van der Waals surface area (Å²) in [6, 6.07) is 13.1. The van der Waals surface area contributed by atoms with Gasteiger partial charge >= 0.3 is 0 Å². The second-order valence-electron chi connectivity index (χ2n) is 3.75. The molecule has 0 fully saturated rings. The number of hydrogen-bond donors (Lipinski definition) is 0. The van der Waals surface area contributed by atoms with Gasteiger partial charge in [0.2, 0.25) is 0 Å². The quantitative estimate of drug-likeness (QED) is 0.775. The molecule has 0 aliphatic rings. The molecule has 0 aliphatic heterocycles. The van der Waals surface area contributed by atoms with Crippen LogP contribution in [0.2, 0.25) is 0 Å². The van der Waals surface area contributed by atoms with Crippen LogP contribution < -0.4 is 0 Å². The van der Waals surface area contributed by atoms with Gasteiger partial charge in [0.1, 0.15) is 11.6 Å². The first-order valence-electron chi connectivity index (χ1n) is 5.31. The van der Waals surface area contributed by atoms with Crippen LogP contribution in [0.4, 0.5) is 8.78 Å². The fraction of sp³-hybridized carbons (Fsp3) is 0.143. The highest BCUT2D eigenvalue weighted by atomic mass is 32.2. The van der Waals surface area contributed by atoms with Crippen molar-refractivity contribution in [2.24, 2.45) is 0 Å². The topological polar surface area (TPSA) is 0 Å². The van der Waals surface area contributed by atoms with Gasteiger partial charge in [-0.3, -0.25) is 0 Å². The van der Waals surface area contributed by atoms with Crippen LogP contribution in [-0.4, -0.2) is 0 Å². The van der Waals surface area contributed by atoms with Gasteiger partial charge in [0.25, 0.3) is 0 Å². The normalized spacial score (nSPS) is 10.5. The Kier molecular flexibility index (Phi) is 4.15. The molecular formula is C14H12F2S. The highest BCUT2D eigenvalue weighted by Gasteiger charge is 1.98. The molecule has 0 bridgehead atoms. The number of hydrogen-bond acceptors (Lipinski definition) is 1. The minimum absolute atomic E-state index is 0.214. The summed E-state index contributed by atoms with van der Waals surface area (Å²) in [5.74, 6) is 1.03. The summed E-state index contributed by atoms with van der Waals surface area (Å²) in [5.41, 5.74) is 1.90. The zero-order valence-corrected chi connectivity index (χ0v) is 10.0. The fourth-order valence-corrected chi connectivity index (χ4v) is 2.47. The van der Waals surface area contributed by atoms with Crippen molar-refractivity contribution in [3.63, 3.8) is 0 Å². The van der Waals surface area contributed by atoms with E-state index in [0.29, 0.717) is 0 Å². The molecule has 2 aromatic carbocycles. The van der Waals surface area contributed by atoms with Gasteiger partial charge in [-0.25, -0.2) is 8.78 Å². The lowest BCUT2D eigenvalue weighted by Crippen LogP contribution is -1.85. The summed E-state index contributed by atoms with van der Waals surface area (Å²) in [6.07, 6.45) is 0. The van der Waals surface area contributed by atoms with Crippen LogP contribution in [0.25, 0.3) is 0 Å². The van der Waals surface area contributed by atoms with Gasteiger partial charge < -0.3 is 0 Å². The van der Waals surface area contributed by atoms with Crippen molar-refractivity contribution in [3.05, 3.63) is 71.3 Å². The largest absolute Gasteiger partial charge is 0.207 e. The maximum absolute atomic E-state index is 12.9. The van der Waals surface area contributed by atoms with E-state index in [4.69, 9.17) is 0 Å². The third kappa shape index (κ3) is 3.86. The first-order chi connectivity index (χ1) is 8.24. The van der Waals surface area contributed by atoms with Gasteiger partial charge in [-0.15, -0.1) is 0 Å². The summed E-state index contributed by atoms with van der Waals surface area (Å²) >= 11 is 1.64. The molecule has 0 radical (unpaired) electrons. The van der Waals surface area contributed by atoms with Gasteiger partial charge in [0.05, 0.1) is 0 Å². The van der Waals surface area contributed by atoms with Crippen molar-refractivity contribution in [1.82, 2.24) is 0 Å². The van der Waals surface area contributed by atoms with Gasteiger partial charge in [0.15, 0.2) is 0 Å². The summed E-state index contributed by atoms with van der Waals surface area (Å²) in [6.45, 7) is 0. The molecule has 0 heterocycles. The Morgan fingerprint density at radius 1 is 0.765 bits per heavy atom. The smallest absolute Gasteiger partial charge is 0.123 e. The van der Waals surface area contributed by atoms with E-state index < -0.39 is 0 Å². The molecule has 3 heteroatoms. The van der Waals surface area contributed by atoms with E-state index in [1.165, 1.54) is 24.3 Å². The summed E-state index contributed by atoms with van der Waals surface area (Å²) in [7, 11) is 0. The second kappa shape index (κ2) is 5.82. The standard InChI is InChI=1S/C14H12F2S/c15-13-5-1-3-11(7-13)9-17-10-12-4-2-6-14(16)8-12/h1-8H,9-10H2. The lowest BCUT2D eigenvalue weighted by molar-refractivity contribution is 0.626. The molecular weight excluding hydrogens is 238 g/mol. The lowest BCUT2D eigenvalue weighted by atomic mass is 10.2. The average molecular weight is 250 g/mol.